The Hall–Kier alpha value is -18.3. The van der Waals surface area contributed by atoms with E-state index in [1.807, 2.05) is 66.7 Å². The van der Waals surface area contributed by atoms with Gasteiger partial charge in [-0.05, 0) is 190 Å². The summed E-state index contributed by atoms with van der Waals surface area (Å²) in [5, 5.41) is 26.0. The van der Waals surface area contributed by atoms with E-state index in [-0.39, 0.29) is 0 Å². The second kappa shape index (κ2) is 32.0. The molecule has 0 amide bonds. The van der Waals surface area contributed by atoms with Crippen LogP contribution < -0.4 is 0 Å². The van der Waals surface area contributed by atoms with Gasteiger partial charge in [0.1, 0.15) is 22.3 Å². The molecule has 0 aliphatic heterocycles. The molecule has 30 rings (SSSR count). The summed E-state index contributed by atoms with van der Waals surface area (Å²) in [4.78, 5) is 31.9. The second-order valence-electron chi connectivity index (χ2n) is 36.0. The van der Waals surface area contributed by atoms with Crippen molar-refractivity contribution in [3.63, 3.8) is 0 Å². The Morgan fingerprint density at radius 1 is 0.194 bits per heavy atom. The molecule has 12 heteroatoms. The fourth-order valence-corrected chi connectivity index (χ4v) is 22.0. The third-order valence-corrected chi connectivity index (χ3v) is 28.2. The van der Waals surface area contributed by atoms with Crippen LogP contribution in [-0.4, -0.2) is 43.6 Å². The van der Waals surface area contributed by atoms with E-state index in [0.717, 1.165) is 161 Å². The molecule has 139 heavy (non-hydrogen) atoms. The molecule has 0 spiro atoms. The van der Waals surface area contributed by atoms with E-state index < -0.39 is 0 Å². The third-order valence-electron chi connectivity index (χ3n) is 28.0. The van der Waals surface area contributed by atoms with Gasteiger partial charge in [0.05, 0.1) is 38.8 Å². The van der Waals surface area contributed by atoms with Gasteiger partial charge >= 0.3 is 0 Å². The first-order chi connectivity index (χ1) is 68.8. The van der Waals surface area contributed by atoms with Crippen molar-refractivity contribution in [3.05, 3.63) is 465 Å². The summed E-state index contributed by atoms with van der Waals surface area (Å²) in [6, 6.07) is 158. The van der Waals surface area contributed by atoms with Crippen molar-refractivity contribution in [2.24, 2.45) is 0 Å². The van der Waals surface area contributed by atoms with Crippen molar-refractivity contribution in [2.75, 3.05) is 0 Å². The van der Waals surface area contributed by atoms with Crippen LogP contribution in [0.5, 0.6) is 0 Å². The van der Waals surface area contributed by atoms with Gasteiger partial charge in [-0.25, -0.2) is 29.9 Å². The molecule has 0 saturated heterocycles. The highest BCUT2D eigenvalue weighted by Gasteiger charge is 2.28. The molecule has 11 nitrogen and oxygen atoms in total. The molecule has 1 aliphatic carbocycles. The summed E-state index contributed by atoms with van der Waals surface area (Å²) in [6.07, 6.45) is 1.06. The van der Waals surface area contributed by atoms with Crippen LogP contribution >= 0.6 is 11.6 Å². The highest BCUT2D eigenvalue weighted by atomic mass is 35.5. The first-order valence-electron chi connectivity index (χ1n) is 46.9. The Kier molecular flexibility index (Phi) is 18.2. The lowest BCUT2D eigenvalue weighted by Gasteiger charge is -2.14. The number of halogens is 1. The highest BCUT2D eigenvalue weighted by Crippen LogP contribution is 2.49. The van der Waals surface area contributed by atoms with E-state index in [0.29, 0.717) is 45.6 Å². The number of hydrogen-bond donors (Lipinski definition) is 0. The predicted molar refractivity (Wildman–Crippen MR) is 575 cm³/mol. The number of benzene rings is 22. The normalized spacial score (nSPS) is 12.0. The lowest BCUT2D eigenvalue weighted by atomic mass is 9.96. The van der Waals surface area contributed by atoms with Gasteiger partial charge in [0, 0.05) is 116 Å². The van der Waals surface area contributed by atoms with Crippen molar-refractivity contribution >= 4 is 186 Å². The number of nitrogens with zero attached hydrogens (tertiary/aromatic N) is 9. The molecule has 7 aromatic heterocycles. The quantitative estimate of drug-likeness (QED) is 0.140. The van der Waals surface area contributed by atoms with Gasteiger partial charge in [-0.3, -0.25) is 0 Å². The van der Waals surface area contributed by atoms with Gasteiger partial charge in [0.2, 0.25) is 0 Å². The summed E-state index contributed by atoms with van der Waals surface area (Å²) in [5.41, 5.74) is 23.8. The van der Waals surface area contributed by atoms with E-state index in [4.69, 9.17) is 50.3 Å². The lowest BCUT2D eigenvalue weighted by molar-refractivity contribution is 0.668. The monoisotopic (exact) mass is 1790 g/mol. The summed E-state index contributed by atoms with van der Waals surface area (Å²) in [5.74, 6) is 3.41. The summed E-state index contributed by atoms with van der Waals surface area (Å²) in [6.45, 7) is 0. The van der Waals surface area contributed by atoms with Crippen molar-refractivity contribution in [3.8, 4) is 96.5 Å². The molecule has 648 valence electrons. The van der Waals surface area contributed by atoms with Crippen LogP contribution in [0.4, 0.5) is 0 Å². The van der Waals surface area contributed by atoms with E-state index in [2.05, 4.69) is 396 Å². The van der Waals surface area contributed by atoms with Gasteiger partial charge in [-0.2, -0.15) is 0 Å². The smallest absolute Gasteiger partial charge is 0.164 e. The van der Waals surface area contributed by atoms with E-state index in [1.165, 1.54) is 86.9 Å². The van der Waals surface area contributed by atoms with Gasteiger partial charge in [-0.1, -0.05) is 351 Å². The van der Waals surface area contributed by atoms with E-state index >= 15 is 0 Å². The van der Waals surface area contributed by atoms with Crippen LogP contribution in [0.1, 0.15) is 11.1 Å². The third kappa shape index (κ3) is 13.1. The van der Waals surface area contributed by atoms with Crippen molar-refractivity contribution in [1.82, 2.24) is 43.6 Å². The van der Waals surface area contributed by atoms with Gasteiger partial charge in [0.25, 0.3) is 0 Å². The molecular weight excluding hydrogens is 1720 g/mol. The fourth-order valence-electron chi connectivity index (χ4n) is 21.8. The average molecular weight is 1800 g/mol. The Labute approximate surface area is 800 Å². The standard InChI is InChI=1S/C63H37N5O.C43H25ClN4O.C21H14/c1-2-20-43(21-3-1)67-53-27-12-10-24-47(53)48-31-29-42(35-55(48)67)61-64-62(49-26-14-19-38-15-6-8-22-45(38)49)66-63(65-61)52-36-44(37-58-60(52)50-25-11-13-28-57(50)69-58)68-54-32-30-39-16-7-9-23-46(39)59(54)51-33-40-17-4-5-18-41(40)34-56(51)68;44-28-24-35(40-34-17-7-9-20-38(34)49-39(40)25-28)43-46-41(45-42(47-43)33-18-10-12-26-11-4-5-15-30(26)33)27-21-22-32-31-16-6-8-19-36(31)48(37(32)23-27)29-13-2-1-3-14-29;1-2-7-16-13-20-18(11-15(16)6-1)12-17-10-9-14-5-3-4-8-19(14)21(17)20/h1-37H;1-25H;1-11,13H,12H2. The summed E-state index contributed by atoms with van der Waals surface area (Å²) in [7, 11) is 0. The molecule has 0 radical (unpaired) electrons. The van der Waals surface area contributed by atoms with E-state index in [9.17, 15) is 0 Å². The minimum absolute atomic E-state index is 0.524. The lowest BCUT2D eigenvalue weighted by Crippen LogP contribution is -2.02. The maximum absolute atomic E-state index is 6.85. The molecule has 1 aliphatic rings. The minimum Gasteiger partial charge on any atom is -0.456 e. The molecule has 29 aromatic rings. The molecule has 22 aromatic carbocycles. The van der Waals surface area contributed by atoms with Crippen LogP contribution in [0.25, 0.3) is 270 Å². The zero-order valence-corrected chi connectivity index (χ0v) is 75.4. The number of furan rings is 2. The van der Waals surface area contributed by atoms with Gasteiger partial charge in [-0.15, -0.1) is 0 Å². The number of para-hydroxylation sites is 6. The van der Waals surface area contributed by atoms with Gasteiger partial charge < -0.3 is 22.5 Å². The second-order valence-corrected chi connectivity index (χ2v) is 36.4. The molecule has 7 heterocycles. The Bertz CT molecular complexity index is 10200. The molecule has 0 unspecified atom stereocenters. The molecule has 0 saturated carbocycles. The maximum Gasteiger partial charge on any atom is 0.164 e. The first kappa shape index (κ1) is 79.3. The number of rotatable bonds is 9. The fraction of sp³-hybridized carbons (Fsp3) is 0.00787. The number of fused-ring (bicyclic) bond motifs is 26. The van der Waals surface area contributed by atoms with Crippen molar-refractivity contribution in [1.29, 1.82) is 0 Å². The van der Waals surface area contributed by atoms with Crippen LogP contribution in [0.15, 0.2) is 458 Å². The molecule has 0 bridgehead atoms. The Morgan fingerprint density at radius 2 is 0.583 bits per heavy atom. The van der Waals surface area contributed by atoms with Crippen molar-refractivity contribution < 1.29 is 8.83 Å². The molecule has 0 atom stereocenters. The number of aromatic nitrogens is 9. The van der Waals surface area contributed by atoms with Crippen LogP contribution in [0, 0.1) is 0 Å². The molecule has 0 fully saturated rings. The first-order valence-corrected chi connectivity index (χ1v) is 47.3. The van der Waals surface area contributed by atoms with E-state index in [1.54, 1.807) is 0 Å². The zero-order chi connectivity index (χ0) is 91.4. The molecule has 0 N–H and O–H groups in total. The summed E-state index contributed by atoms with van der Waals surface area (Å²) >= 11 is 6.74. The van der Waals surface area contributed by atoms with Crippen LogP contribution in [0.2, 0.25) is 5.02 Å². The maximum atomic E-state index is 6.85. The average Bonchev–Trinajstić information content (AvgIpc) is 1.54. The molecular formula is C127H76ClN9O2. The Morgan fingerprint density at radius 3 is 1.14 bits per heavy atom. The zero-order valence-electron chi connectivity index (χ0n) is 74.7. The largest absolute Gasteiger partial charge is 0.456 e. The minimum atomic E-state index is 0.524. The van der Waals surface area contributed by atoms with Crippen LogP contribution in [-0.2, 0) is 6.42 Å². The van der Waals surface area contributed by atoms with Crippen molar-refractivity contribution in [2.45, 2.75) is 6.42 Å². The predicted octanol–water partition coefficient (Wildman–Crippen LogP) is 33.7. The Balaban J connectivity index is 0.000000117. The summed E-state index contributed by atoms with van der Waals surface area (Å²) < 4.78 is 20.1. The van der Waals surface area contributed by atoms with Crippen LogP contribution in [0.3, 0.4) is 0 Å². The number of hydrogen-bond acceptors (Lipinski definition) is 8. The van der Waals surface area contributed by atoms with Gasteiger partial charge in [0.15, 0.2) is 34.9 Å². The highest BCUT2D eigenvalue weighted by molar-refractivity contribution is 6.32. The topological polar surface area (TPSA) is 118 Å². The SMILES string of the molecule is Clc1cc(-c2nc(-c3ccc4c5ccccc5n(-c5ccccc5)c4c3)nc(-c3cccc4ccccc34)n2)c2c(c1)oc1ccccc12.c1ccc(-n2c3ccccc3c3ccc(-c4nc(-c5cccc6ccccc56)nc(-c5cc(-n6c7cc8ccccc8cc7c7c8ccccc8ccc76)cc6oc7ccccc7c56)n4)cc32)cc1.c1ccc2cc3c(cc2c1)Cc1ccc2ccccc2c1-3.